The zero-order valence-corrected chi connectivity index (χ0v) is 24.8. The summed E-state index contributed by atoms with van der Waals surface area (Å²) in [5, 5.41) is 10.2. The molecular formula is C25H31N5O5S3. The molecule has 3 rings (SSSR count). The molecule has 204 valence electrons. The molecule has 0 aromatic carbocycles. The number of carbonyl (C=O) groups is 2. The third-order valence-corrected chi connectivity index (χ3v) is 7.42. The van der Waals surface area contributed by atoms with Crippen LogP contribution in [0.4, 0.5) is 4.79 Å². The Hall–Kier alpha value is -3.16. The number of amides is 1. The molecule has 0 spiro atoms. The van der Waals surface area contributed by atoms with Crippen LogP contribution in [-0.2, 0) is 14.2 Å². The number of carbonyl (C=O) groups excluding carboxylic acids is 2. The molecule has 0 fully saturated rings. The van der Waals surface area contributed by atoms with Crippen molar-refractivity contribution in [3.63, 3.8) is 0 Å². The number of alkyl carbamates (subject to hydrolysis) is 1. The maximum absolute atomic E-state index is 12.4. The first kappa shape index (κ1) is 29.4. The van der Waals surface area contributed by atoms with Crippen molar-refractivity contribution in [1.82, 2.24) is 20.3 Å². The first-order valence-electron chi connectivity index (χ1n) is 11.8. The molecule has 10 nitrogen and oxygen atoms in total. The molecule has 0 radical (unpaired) electrons. The topological polar surface area (TPSA) is 125 Å². The fourth-order valence-corrected chi connectivity index (χ4v) is 5.60. The summed E-state index contributed by atoms with van der Waals surface area (Å²) in [5.74, 6) is -0.138. The number of ether oxygens (including phenoxy) is 3. The van der Waals surface area contributed by atoms with Crippen molar-refractivity contribution in [3.8, 4) is 10.7 Å². The number of rotatable bonds is 9. The van der Waals surface area contributed by atoms with E-state index in [1.54, 1.807) is 5.38 Å². The van der Waals surface area contributed by atoms with Crippen LogP contribution in [0.1, 0.15) is 73.8 Å². The number of aliphatic imine (C=N–C) groups is 1. The number of nitrogens with one attached hydrogen (secondary N) is 1. The van der Waals surface area contributed by atoms with Crippen molar-refractivity contribution < 1.29 is 23.8 Å². The van der Waals surface area contributed by atoms with Crippen LogP contribution >= 0.6 is 34.0 Å². The largest absolute Gasteiger partial charge is 0.476 e. The molecule has 0 saturated heterocycles. The Labute approximate surface area is 233 Å². The highest BCUT2D eigenvalue weighted by atomic mass is 32.1. The summed E-state index contributed by atoms with van der Waals surface area (Å²) in [6.07, 6.45) is -0.485. The summed E-state index contributed by atoms with van der Waals surface area (Å²) in [4.78, 5) is 42.2. The van der Waals surface area contributed by atoms with Crippen LogP contribution in [-0.4, -0.2) is 52.2 Å². The monoisotopic (exact) mass is 577 g/mol. The number of esters is 1. The smallest absolute Gasteiger partial charge is 0.408 e. The highest BCUT2D eigenvalue weighted by Gasteiger charge is 2.26. The predicted octanol–water partition coefficient (Wildman–Crippen LogP) is 6.19. The van der Waals surface area contributed by atoms with Crippen LogP contribution in [0.2, 0.25) is 0 Å². The molecule has 0 unspecified atom stereocenters. The number of methoxy groups -OCH3 is 1. The van der Waals surface area contributed by atoms with E-state index in [2.05, 4.69) is 26.9 Å². The zero-order chi connectivity index (χ0) is 28.0. The molecule has 0 aliphatic carbocycles. The molecule has 0 saturated carbocycles. The van der Waals surface area contributed by atoms with Gasteiger partial charge in [0.25, 0.3) is 0 Å². The van der Waals surface area contributed by atoms with Crippen molar-refractivity contribution in [2.24, 2.45) is 10.9 Å². The van der Waals surface area contributed by atoms with Crippen molar-refractivity contribution >= 4 is 57.7 Å². The lowest BCUT2D eigenvalue weighted by Gasteiger charge is -2.24. The van der Waals surface area contributed by atoms with Gasteiger partial charge in [-0.15, -0.1) is 34.0 Å². The van der Waals surface area contributed by atoms with E-state index in [0.29, 0.717) is 33.7 Å². The molecule has 0 bridgehead atoms. The van der Waals surface area contributed by atoms with Crippen molar-refractivity contribution in [2.75, 3.05) is 13.7 Å². The van der Waals surface area contributed by atoms with Crippen molar-refractivity contribution in [2.45, 2.75) is 53.2 Å². The van der Waals surface area contributed by atoms with Crippen LogP contribution < -0.4 is 5.32 Å². The molecular weight excluding hydrogens is 547 g/mol. The quantitative estimate of drug-likeness (QED) is 0.181. The van der Waals surface area contributed by atoms with Gasteiger partial charge in [-0.05, 0) is 33.6 Å². The fraction of sp³-hybridized carbons (Fsp3) is 0.440. The highest BCUT2D eigenvalue weighted by molar-refractivity contribution is 7.14. The number of aromatic nitrogens is 3. The van der Waals surface area contributed by atoms with Gasteiger partial charge in [0.2, 0.25) is 5.90 Å². The molecule has 3 heterocycles. The van der Waals surface area contributed by atoms with E-state index in [9.17, 15) is 9.59 Å². The number of hydrogen-bond donors (Lipinski definition) is 1. The third-order valence-electron chi connectivity index (χ3n) is 4.73. The lowest BCUT2D eigenvalue weighted by atomic mass is 10.1. The predicted molar refractivity (Wildman–Crippen MR) is 151 cm³/mol. The summed E-state index contributed by atoms with van der Waals surface area (Å²) in [6.45, 7) is 15.7. The van der Waals surface area contributed by atoms with Gasteiger partial charge in [0.15, 0.2) is 5.69 Å². The van der Waals surface area contributed by atoms with Crippen molar-refractivity contribution in [1.29, 1.82) is 0 Å². The Balaban J connectivity index is 1.81. The third kappa shape index (κ3) is 7.68. The zero-order valence-electron chi connectivity index (χ0n) is 22.4. The van der Waals surface area contributed by atoms with E-state index >= 15 is 0 Å². The van der Waals surface area contributed by atoms with Gasteiger partial charge in [-0.25, -0.2) is 29.5 Å². The second-order valence-electron chi connectivity index (χ2n) is 9.30. The Bertz CT molecular complexity index is 1320. The highest BCUT2D eigenvalue weighted by Crippen LogP contribution is 2.31. The Morgan fingerprint density at radius 2 is 1.79 bits per heavy atom. The molecule has 1 atom stereocenters. The number of hydrogen-bond acceptors (Lipinski definition) is 12. The van der Waals surface area contributed by atoms with Crippen LogP contribution in [0.5, 0.6) is 0 Å². The van der Waals surface area contributed by atoms with E-state index in [1.807, 2.05) is 52.3 Å². The van der Waals surface area contributed by atoms with E-state index in [0.717, 1.165) is 5.01 Å². The SMILES string of the molecule is C=C(N=C(OCC)c1csc(-c2csc([C@@H](NC(=O)OC(C)(C)C)C(C)C)n2)n1)c1nc(C(=O)OC)cs1. The van der Waals surface area contributed by atoms with E-state index < -0.39 is 17.7 Å². The average Bonchev–Trinajstić information content (AvgIpc) is 3.60. The second kappa shape index (κ2) is 12.6. The Kier molecular flexibility index (Phi) is 9.74. The van der Waals surface area contributed by atoms with Gasteiger partial charge in [-0.2, -0.15) is 0 Å². The van der Waals surface area contributed by atoms with Crippen molar-refractivity contribution in [3.05, 3.63) is 44.1 Å². The van der Waals surface area contributed by atoms with E-state index in [1.165, 1.54) is 41.1 Å². The van der Waals surface area contributed by atoms with Gasteiger partial charge >= 0.3 is 12.1 Å². The second-order valence-corrected chi connectivity index (χ2v) is 11.9. The maximum atomic E-state index is 12.4. The lowest BCUT2D eigenvalue weighted by molar-refractivity contribution is 0.0488. The molecule has 0 aliphatic heterocycles. The van der Waals surface area contributed by atoms with Crippen LogP contribution in [0, 0.1) is 5.92 Å². The summed E-state index contributed by atoms with van der Waals surface area (Å²) < 4.78 is 15.9. The molecule has 13 heteroatoms. The average molecular weight is 578 g/mol. The van der Waals surface area contributed by atoms with Gasteiger partial charge in [0, 0.05) is 16.1 Å². The van der Waals surface area contributed by atoms with Crippen LogP contribution in [0.15, 0.2) is 27.7 Å². The van der Waals surface area contributed by atoms with Crippen LogP contribution in [0.3, 0.4) is 0 Å². The van der Waals surface area contributed by atoms with Crippen LogP contribution in [0.25, 0.3) is 16.4 Å². The normalized spacial score (nSPS) is 12.8. The lowest BCUT2D eigenvalue weighted by Crippen LogP contribution is -2.36. The molecule has 3 aromatic rings. The molecule has 0 aliphatic rings. The number of nitrogens with zero attached hydrogens (tertiary/aromatic N) is 4. The van der Waals surface area contributed by atoms with E-state index in [-0.39, 0.29) is 23.6 Å². The molecule has 3 aromatic heterocycles. The Morgan fingerprint density at radius 3 is 2.42 bits per heavy atom. The summed E-state index contributed by atoms with van der Waals surface area (Å²) in [7, 11) is 1.30. The van der Waals surface area contributed by atoms with Gasteiger partial charge < -0.3 is 19.5 Å². The maximum Gasteiger partial charge on any atom is 0.408 e. The van der Waals surface area contributed by atoms with Gasteiger partial charge in [-0.1, -0.05) is 20.4 Å². The minimum absolute atomic E-state index is 0.0987. The number of thiazole rings is 3. The summed E-state index contributed by atoms with van der Waals surface area (Å²) in [5.41, 5.74) is 1.16. The molecule has 1 amide bonds. The molecule has 38 heavy (non-hydrogen) atoms. The molecule has 1 N–H and O–H groups in total. The minimum Gasteiger partial charge on any atom is -0.476 e. The van der Waals surface area contributed by atoms with E-state index in [4.69, 9.17) is 19.2 Å². The van der Waals surface area contributed by atoms with Gasteiger partial charge in [0.1, 0.15) is 32.0 Å². The Morgan fingerprint density at radius 1 is 1.08 bits per heavy atom. The van der Waals surface area contributed by atoms with Gasteiger partial charge in [-0.3, -0.25) is 0 Å². The van der Waals surface area contributed by atoms with Gasteiger partial charge in [0.05, 0.1) is 25.5 Å². The fourth-order valence-electron chi connectivity index (χ4n) is 3.04. The first-order valence-corrected chi connectivity index (χ1v) is 14.4. The summed E-state index contributed by atoms with van der Waals surface area (Å²) in [6, 6.07) is -0.305. The standard InChI is InChI=1S/C25H31N5O5S3/c1-9-34-19(26-14(4)20-29-17(12-36-20)23(31)33-8)15-10-37-21(27-15)16-11-38-22(28-16)18(13(2)3)30-24(32)35-25(5,6)7/h10-13,18H,4,9H2,1-3,5-8H3,(H,30,32)/t18-/m0/s1. The summed E-state index contributed by atoms with van der Waals surface area (Å²) >= 11 is 4.08. The first-order chi connectivity index (χ1) is 17.9. The minimum atomic E-state index is -0.592.